The van der Waals surface area contributed by atoms with Crippen LogP contribution in [0.2, 0.25) is 0 Å². The second-order valence-electron chi connectivity index (χ2n) is 3.32. The Morgan fingerprint density at radius 2 is 2.11 bits per heavy atom. The number of hydrogen-bond donors (Lipinski definition) is 0. The van der Waals surface area contributed by atoms with Crippen molar-refractivity contribution < 1.29 is 23.0 Å². The SMILES string of the molecule is COC(=O)Cc1cc(CCl)c(OC(F)F)cc1Br. The summed E-state index contributed by atoms with van der Waals surface area (Å²) in [6, 6.07) is 2.90. The van der Waals surface area contributed by atoms with Gasteiger partial charge < -0.3 is 9.47 Å². The summed E-state index contributed by atoms with van der Waals surface area (Å²) in [7, 11) is 1.27. The molecular weight excluding hydrogens is 333 g/mol. The second-order valence-corrected chi connectivity index (χ2v) is 4.44. The molecule has 0 aliphatic rings. The number of methoxy groups -OCH3 is 1. The van der Waals surface area contributed by atoms with Gasteiger partial charge >= 0.3 is 12.6 Å². The van der Waals surface area contributed by atoms with Crippen LogP contribution >= 0.6 is 27.5 Å². The number of benzene rings is 1. The molecule has 1 aromatic carbocycles. The normalized spacial score (nSPS) is 10.6. The lowest BCUT2D eigenvalue weighted by atomic mass is 10.1. The molecule has 0 heterocycles. The maximum Gasteiger partial charge on any atom is 0.387 e. The molecule has 1 aromatic rings. The van der Waals surface area contributed by atoms with Gasteiger partial charge in [0.2, 0.25) is 0 Å². The van der Waals surface area contributed by atoms with Crippen LogP contribution in [0.3, 0.4) is 0 Å². The fraction of sp³-hybridized carbons (Fsp3) is 0.364. The van der Waals surface area contributed by atoms with Gasteiger partial charge in [0.25, 0.3) is 0 Å². The van der Waals surface area contributed by atoms with Crippen molar-refractivity contribution in [2.75, 3.05) is 7.11 Å². The van der Waals surface area contributed by atoms with Crippen LogP contribution in [0, 0.1) is 0 Å². The molecule has 7 heteroatoms. The number of halogens is 4. The number of carbonyl (C=O) groups excluding carboxylic acids is 1. The third kappa shape index (κ3) is 4.10. The fourth-order valence-electron chi connectivity index (χ4n) is 1.32. The Morgan fingerprint density at radius 1 is 1.44 bits per heavy atom. The first-order valence-corrected chi connectivity index (χ1v) is 6.19. The highest BCUT2D eigenvalue weighted by Crippen LogP contribution is 2.30. The summed E-state index contributed by atoms with van der Waals surface area (Å²) < 4.78 is 33.7. The smallest absolute Gasteiger partial charge is 0.387 e. The molecule has 0 radical (unpaired) electrons. The quantitative estimate of drug-likeness (QED) is 0.606. The van der Waals surface area contributed by atoms with Crippen LogP contribution < -0.4 is 4.74 Å². The van der Waals surface area contributed by atoms with Crippen molar-refractivity contribution >= 4 is 33.5 Å². The summed E-state index contributed by atoms with van der Waals surface area (Å²) in [5.74, 6) is -0.442. The van der Waals surface area contributed by atoms with Gasteiger partial charge in [0.05, 0.1) is 19.4 Å². The third-order valence-corrected chi connectivity index (χ3v) is 3.18. The molecule has 0 saturated heterocycles. The minimum atomic E-state index is -2.93. The lowest BCUT2D eigenvalue weighted by molar-refractivity contribution is -0.139. The lowest BCUT2D eigenvalue weighted by Crippen LogP contribution is -2.08. The van der Waals surface area contributed by atoms with Crippen LogP contribution in [0.25, 0.3) is 0 Å². The maximum atomic E-state index is 12.2. The highest BCUT2D eigenvalue weighted by Gasteiger charge is 2.14. The number of rotatable bonds is 5. The van der Waals surface area contributed by atoms with E-state index in [1.807, 2.05) is 0 Å². The number of alkyl halides is 3. The average molecular weight is 344 g/mol. The van der Waals surface area contributed by atoms with E-state index < -0.39 is 12.6 Å². The summed E-state index contributed by atoms with van der Waals surface area (Å²) in [6.45, 7) is -2.93. The van der Waals surface area contributed by atoms with E-state index in [0.717, 1.165) is 0 Å². The van der Waals surface area contributed by atoms with E-state index in [1.165, 1.54) is 19.2 Å². The summed E-state index contributed by atoms with van der Waals surface area (Å²) in [5.41, 5.74) is 0.984. The third-order valence-electron chi connectivity index (χ3n) is 2.15. The van der Waals surface area contributed by atoms with Crippen molar-refractivity contribution in [1.29, 1.82) is 0 Å². The minimum Gasteiger partial charge on any atom is -0.469 e. The van der Waals surface area contributed by atoms with E-state index in [9.17, 15) is 13.6 Å². The zero-order chi connectivity index (χ0) is 13.7. The first-order valence-electron chi connectivity index (χ1n) is 4.86. The molecule has 0 aliphatic heterocycles. The predicted molar refractivity (Wildman–Crippen MR) is 66.1 cm³/mol. The topological polar surface area (TPSA) is 35.5 Å². The zero-order valence-electron chi connectivity index (χ0n) is 9.38. The number of ether oxygens (including phenoxy) is 2. The van der Waals surface area contributed by atoms with Gasteiger partial charge in [-0.3, -0.25) is 4.79 Å². The standard InChI is InChI=1S/C11H10BrClF2O3/c1-17-10(16)3-6-2-7(5-13)9(4-8(6)12)18-11(14)15/h2,4,11H,3,5H2,1H3. The first kappa shape index (κ1) is 15.2. The highest BCUT2D eigenvalue weighted by atomic mass is 79.9. The fourth-order valence-corrected chi connectivity index (χ4v) is 2.00. The summed E-state index contributed by atoms with van der Waals surface area (Å²) in [5, 5.41) is 0. The summed E-state index contributed by atoms with van der Waals surface area (Å²) >= 11 is 8.84. The maximum absolute atomic E-state index is 12.2. The van der Waals surface area contributed by atoms with E-state index >= 15 is 0 Å². The van der Waals surface area contributed by atoms with E-state index in [4.69, 9.17) is 11.6 Å². The number of hydrogen-bond acceptors (Lipinski definition) is 3. The summed E-state index contributed by atoms with van der Waals surface area (Å²) in [4.78, 5) is 11.2. The molecule has 0 fully saturated rings. The molecule has 0 saturated carbocycles. The van der Waals surface area contributed by atoms with E-state index in [1.54, 1.807) is 0 Å². The Labute approximate surface area is 116 Å². The molecule has 100 valence electrons. The van der Waals surface area contributed by atoms with Crippen LogP contribution in [0.4, 0.5) is 8.78 Å². The molecular formula is C11H10BrClF2O3. The Kier molecular flexibility index (Phi) is 5.81. The van der Waals surface area contributed by atoms with Crippen molar-refractivity contribution in [1.82, 2.24) is 0 Å². The molecule has 1 rings (SSSR count). The largest absolute Gasteiger partial charge is 0.469 e. The van der Waals surface area contributed by atoms with Crippen molar-refractivity contribution in [2.45, 2.75) is 18.9 Å². The van der Waals surface area contributed by atoms with Gasteiger partial charge in [-0.15, -0.1) is 11.6 Å². The molecule has 0 N–H and O–H groups in total. The van der Waals surface area contributed by atoms with E-state index in [-0.39, 0.29) is 18.1 Å². The van der Waals surface area contributed by atoms with Crippen LogP contribution in [0.5, 0.6) is 5.75 Å². The summed E-state index contributed by atoms with van der Waals surface area (Å²) in [6.07, 6.45) is 0.0237. The molecule has 0 spiro atoms. The molecule has 0 unspecified atom stereocenters. The number of carbonyl (C=O) groups is 1. The Hall–Kier alpha value is -0.880. The van der Waals surface area contributed by atoms with Gasteiger partial charge in [-0.2, -0.15) is 8.78 Å². The minimum absolute atomic E-state index is 0.00348. The monoisotopic (exact) mass is 342 g/mol. The Bertz CT molecular complexity index is 441. The Morgan fingerprint density at radius 3 is 2.61 bits per heavy atom. The van der Waals surface area contributed by atoms with Crippen molar-refractivity contribution in [3.8, 4) is 5.75 Å². The van der Waals surface area contributed by atoms with Gasteiger partial charge in [0.1, 0.15) is 5.75 Å². The second kappa shape index (κ2) is 6.89. The van der Waals surface area contributed by atoms with Crippen LogP contribution in [0.1, 0.15) is 11.1 Å². The molecule has 0 amide bonds. The predicted octanol–water partition coefficient (Wildman–Crippen LogP) is 3.50. The molecule has 0 aromatic heterocycles. The highest BCUT2D eigenvalue weighted by molar-refractivity contribution is 9.10. The van der Waals surface area contributed by atoms with Gasteiger partial charge in [0, 0.05) is 10.0 Å². The number of esters is 1. The molecule has 18 heavy (non-hydrogen) atoms. The Balaban J connectivity index is 3.05. The van der Waals surface area contributed by atoms with Crippen LogP contribution in [0.15, 0.2) is 16.6 Å². The van der Waals surface area contributed by atoms with Crippen molar-refractivity contribution in [2.24, 2.45) is 0 Å². The van der Waals surface area contributed by atoms with Crippen LogP contribution in [-0.4, -0.2) is 19.7 Å². The van der Waals surface area contributed by atoms with Crippen molar-refractivity contribution in [3.05, 3.63) is 27.7 Å². The average Bonchev–Trinajstić information content (AvgIpc) is 2.31. The molecule has 0 aliphatic carbocycles. The van der Waals surface area contributed by atoms with Crippen LogP contribution in [-0.2, 0) is 21.8 Å². The lowest BCUT2D eigenvalue weighted by Gasteiger charge is -2.12. The van der Waals surface area contributed by atoms with Gasteiger partial charge in [0.15, 0.2) is 0 Å². The first-order chi connectivity index (χ1) is 8.47. The zero-order valence-corrected chi connectivity index (χ0v) is 11.7. The molecule has 0 bridgehead atoms. The molecule has 3 nitrogen and oxygen atoms in total. The van der Waals surface area contributed by atoms with Crippen molar-refractivity contribution in [3.63, 3.8) is 0 Å². The van der Waals surface area contributed by atoms with Gasteiger partial charge in [-0.05, 0) is 17.7 Å². The van der Waals surface area contributed by atoms with Gasteiger partial charge in [-0.1, -0.05) is 15.9 Å². The van der Waals surface area contributed by atoms with E-state index in [2.05, 4.69) is 25.4 Å². The van der Waals surface area contributed by atoms with E-state index in [0.29, 0.717) is 15.6 Å². The van der Waals surface area contributed by atoms with Gasteiger partial charge in [-0.25, -0.2) is 0 Å². The molecule has 0 atom stereocenters.